The number of hydrogen-bond donors (Lipinski definition) is 0. The lowest BCUT2D eigenvalue weighted by atomic mass is 10.0. The van der Waals surface area contributed by atoms with Crippen LogP contribution in [0, 0.1) is 6.92 Å². The highest BCUT2D eigenvalue weighted by molar-refractivity contribution is 7.92. The molecule has 1 atom stereocenters. The van der Waals surface area contributed by atoms with Crippen molar-refractivity contribution in [3.8, 4) is 0 Å². The summed E-state index contributed by atoms with van der Waals surface area (Å²) in [6.45, 7) is 3.28. The van der Waals surface area contributed by atoms with Crippen LogP contribution >= 0.6 is 0 Å². The van der Waals surface area contributed by atoms with E-state index in [1.807, 2.05) is 13.0 Å². The van der Waals surface area contributed by atoms with Gasteiger partial charge in [0.15, 0.2) is 0 Å². The monoisotopic (exact) mass is 295 g/mol. The van der Waals surface area contributed by atoms with E-state index in [-0.39, 0.29) is 11.9 Å². The molecular formula is C15H21NO3S. The number of hydrogen-bond acceptors (Lipinski definition) is 3. The van der Waals surface area contributed by atoms with Crippen molar-refractivity contribution in [3.05, 3.63) is 29.3 Å². The standard InChI is InChI=1S/C15H21NO3S/c1-12-6-7-13-4-2-8-16(15(13)10-12)20(17,18)11-14-5-3-9-19-14/h6-7,10,14H,2-5,8-9,11H2,1H3/t14-/m1/s1. The van der Waals surface area contributed by atoms with Crippen molar-refractivity contribution in [1.29, 1.82) is 0 Å². The van der Waals surface area contributed by atoms with Crippen molar-refractivity contribution in [3.63, 3.8) is 0 Å². The fourth-order valence-corrected chi connectivity index (χ4v) is 4.83. The molecule has 1 aromatic carbocycles. The van der Waals surface area contributed by atoms with Crippen LogP contribution in [0.5, 0.6) is 0 Å². The Bertz CT molecular complexity index is 591. The molecule has 3 rings (SSSR count). The molecule has 0 aromatic heterocycles. The largest absolute Gasteiger partial charge is 0.377 e. The van der Waals surface area contributed by atoms with Crippen molar-refractivity contribution in [2.45, 2.75) is 38.7 Å². The van der Waals surface area contributed by atoms with Crippen LogP contribution in [-0.2, 0) is 21.2 Å². The predicted molar refractivity (Wildman–Crippen MR) is 79.6 cm³/mol. The Morgan fingerprint density at radius 3 is 2.95 bits per heavy atom. The molecule has 20 heavy (non-hydrogen) atoms. The van der Waals surface area contributed by atoms with Crippen LogP contribution < -0.4 is 4.31 Å². The highest BCUT2D eigenvalue weighted by Crippen LogP contribution is 2.31. The maximum atomic E-state index is 12.7. The first-order valence-electron chi connectivity index (χ1n) is 7.28. The lowest BCUT2D eigenvalue weighted by Gasteiger charge is -2.31. The van der Waals surface area contributed by atoms with Gasteiger partial charge in [-0.25, -0.2) is 8.42 Å². The molecule has 0 spiro atoms. The Morgan fingerprint density at radius 2 is 2.20 bits per heavy atom. The number of fused-ring (bicyclic) bond motifs is 1. The number of aryl methyl sites for hydroxylation is 2. The molecule has 5 heteroatoms. The van der Waals surface area contributed by atoms with Crippen molar-refractivity contribution in [1.82, 2.24) is 0 Å². The van der Waals surface area contributed by atoms with Gasteiger partial charge in [0.05, 0.1) is 17.5 Å². The summed E-state index contributed by atoms with van der Waals surface area (Å²) >= 11 is 0. The molecule has 4 nitrogen and oxygen atoms in total. The quantitative estimate of drug-likeness (QED) is 0.859. The van der Waals surface area contributed by atoms with E-state index in [4.69, 9.17) is 4.74 Å². The summed E-state index contributed by atoms with van der Waals surface area (Å²) in [5.74, 6) is 0.111. The van der Waals surface area contributed by atoms with E-state index in [0.717, 1.165) is 42.5 Å². The molecule has 1 aromatic rings. The molecule has 1 fully saturated rings. The van der Waals surface area contributed by atoms with Gasteiger partial charge in [-0.15, -0.1) is 0 Å². The normalized spacial score (nSPS) is 22.9. The average molecular weight is 295 g/mol. The molecule has 0 unspecified atom stereocenters. The fraction of sp³-hybridized carbons (Fsp3) is 0.600. The highest BCUT2D eigenvalue weighted by Gasteiger charge is 2.31. The third-order valence-electron chi connectivity index (χ3n) is 4.07. The summed E-state index contributed by atoms with van der Waals surface area (Å²) in [6.07, 6.45) is 3.54. The fourth-order valence-electron chi connectivity index (χ4n) is 3.04. The van der Waals surface area contributed by atoms with Gasteiger partial charge in [-0.1, -0.05) is 12.1 Å². The minimum Gasteiger partial charge on any atom is -0.377 e. The second-order valence-electron chi connectivity index (χ2n) is 5.72. The Balaban J connectivity index is 1.88. The number of sulfonamides is 1. The summed E-state index contributed by atoms with van der Waals surface area (Å²) in [5, 5.41) is 0. The van der Waals surface area contributed by atoms with Gasteiger partial charge in [0.2, 0.25) is 10.0 Å². The van der Waals surface area contributed by atoms with Gasteiger partial charge < -0.3 is 4.74 Å². The molecular weight excluding hydrogens is 274 g/mol. The minimum absolute atomic E-state index is 0.111. The van der Waals surface area contributed by atoms with E-state index < -0.39 is 10.0 Å². The van der Waals surface area contributed by atoms with Crippen molar-refractivity contribution < 1.29 is 13.2 Å². The van der Waals surface area contributed by atoms with Gasteiger partial charge in [-0.05, 0) is 49.8 Å². The van der Waals surface area contributed by atoms with Crippen molar-refractivity contribution >= 4 is 15.7 Å². The van der Waals surface area contributed by atoms with Gasteiger partial charge >= 0.3 is 0 Å². The van der Waals surface area contributed by atoms with Gasteiger partial charge in [-0.2, -0.15) is 0 Å². The first-order valence-corrected chi connectivity index (χ1v) is 8.89. The van der Waals surface area contributed by atoms with Gasteiger partial charge in [-0.3, -0.25) is 4.31 Å². The van der Waals surface area contributed by atoms with Gasteiger partial charge in [0, 0.05) is 13.2 Å². The third kappa shape index (κ3) is 2.69. The molecule has 0 aliphatic carbocycles. The van der Waals surface area contributed by atoms with Crippen LogP contribution in [-0.4, -0.2) is 33.4 Å². The zero-order valence-electron chi connectivity index (χ0n) is 11.8. The zero-order chi connectivity index (χ0) is 14.2. The minimum atomic E-state index is -3.29. The Hall–Kier alpha value is -1.07. The first-order chi connectivity index (χ1) is 9.56. The first kappa shape index (κ1) is 13.9. The van der Waals surface area contributed by atoms with Gasteiger partial charge in [0.25, 0.3) is 0 Å². The van der Waals surface area contributed by atoms with Crippen molar-refractivity contribution in [2.24, 2.45) is 0 Å². The number of benzene rings is 1. The maximum absolute atomic E-state index is 12.7. The number of rotatable bonds is 3. The Morgan fingerprint density at radius 1 is 1.35 bits per heavy atom. The highest BCUT2D eigenvalue weighted by atomic mass is 32.2. The summed E-state index contributed by atoms with van der Waals surface area (Å²) in [4.78, 5) is 0. The summed E-state index contributed by atoms with van der Waals surface area (Å²) in [5.41, 5.74) is 3.11. The van der Waals surface area contributed by atoms with E-state index in [2.05, 4.69) is 12.1 Å². The lowest BCUT2D eigenvalue weighted by molar-refractivity contribution is 0.127. The van der Waals surface area contributed by atoms with E-state index in [0.29, 0.717) is 13.2 Å². The molecule has 2 heterocycles. The molecule has 110 valence electrons. The Labute approximate surface area is 120 Å². The van der Waals surface area contributed by atoms with E-state index in [1.54, 1.807) is 4.31 Å². The van der Waals surface area contributed by atoms with Crippen molar-refractivity contribution in [2.75, 3.05) is 23.2 Å². The molecule has 2 aliphatic rings. The topological polar surface area (TPSA) is 46.6 Å². The van der Waals surface area contributed by atoms with Crippen LogP contribution in [0.4, 0.5) is 5.69 Å². The van der Waals surface area contributed by atoms with Crippen LogP contribution in [0.25, 0.3) is 0 Å². The van der Waals surface area contributed by atoms with Gasteiger partial charge in [0.1, 0.15) is 0 Å². The second-order valence-corrected chi connectivity index (χ2v) is 7.66. The van der Waals surface area contributed by atoms with E-state index in [1.165, 1.54) is 0 Å². The summed E-state index contributed by atoms with van der Waals surface area (Å²) in [7, 11) is -3.29. The zero-order valence-corrected chi connectivity index (χ0v) is 12.7. The van der Waals surface area contributed by atoms with E-state index >= 15 is 0 Å². The molecule has 1 saturated heterocycles. The van der Waals surface area contributed by atoms with E-state index in [9.17, 15) is 8.42 Å². The molecule has 0 N–H and O–H groups in total. The second kappa shape index (κ2) is 5.37. The number of anilines is 1. The van der Waals surface area contributed by atoms with Crippen LogP contribution in [0.3, 0.4) is 0 Å². The molecule has 0 radical (unpaired) electrons. The lowest BCUT2D eigenvalue weighted by Crippen LogP contribution is -2.39. The van der Waals surface area contributed by atoms with Crippen LogP contribution in [0.2, 0.25) is 0 Å². The maximum Gasteiger partial charge on any atom is 0.237 e. The Kier molecular flexibility index (Phi) is 3.73. The smallest absolute Gasteiger partial charge is 0.237 e. The average Bonchev–Trinajstić information content (AvgIpc) is 2.90. The number of ether oxygens (including phenoxy) is 1. The van der Waals surface area contributed by atoms with Crippen LogP contribution in [0.15, 0.2) is 18.2 Å². The predicted octanol–water partition coefficient (Wildman–Crippen LogP) is 2.26. The number of nitrogens with zero attached hydrogens (tertiary/aromatic N) is 1. The van der Waals surface area contributed by atoms with Crippen LogP contribution in [0.1, 0.15) is 30.4 Å². The molecule has 0 bridgehead atoms. The molecule has 2 aliphatic heterocycles. The SMILES string of the molecule is Cc1ccc2c(c1)N(S(=O)(=O)C[C@H]1CCCO1)CCC2. The molecule has 0 saturated carbocycles. The third-order valence-corrected chi connectivity index (χ3v) is 5.92. The molecule has 0 amide bonds. The summed E-state index contributed by atoms with van der Waals surface area (Å²) in [6, 6.07) is 6.09. The summed E-state index contributed by atoms with van der Waals surface area (Å²) < 4.78 is 32.4.